The average Bonchev–Trinajstić information content (AvgIpc) is 3.71. The number of rotatable bonds is 13. The summed E-state index contributed by atoms with van der Waals surface area (Å²) in [7, 11) is 0. The Hall–Kier alpha value is -3.51. The van der Waals surface area contributed by atoms with Gasteiger partial charge in [0.05, 0.1) is 18.3 Å². The Kier molecular flexibility index (Phi) is 11.8. The number of amides is 4. The first kappa shape index (κ1) is 36.3. The zero-order valence-electron chi connectivity index (χ0n) is 28.9. The molecule has 272 valence electrons. The van der Waals surface area contributed by atoms with Crippen LogP contribution in [-0.4, -0.2) is 89.6 Å². The fraction of sp³-hybridized carbons (Fsp3) is 0.676. The number of halogens is 1. The third-order valence-corrected chi connectivity index (χ3v) is 11.1. The number of carbonyl (C=O) groups is 5. The van der Waals surface area contributed by atoms with E-state index < -0.39 is 41.3 Å². The van der Waals surface area contributed by atoms with Crippen molar-refractivity contribution in [3.63, 3.8) is 0 Å². The Morgan fingerprint density at radius 1 is 1.02 bits per heavy atom. The van der Waals surface area contributed by atoms with E-state index in [4.69, 9.17) is 21.2 Å². The fourth-order valence-corrected chi connectivity index (χ4v) is 8.08. The van der Waals surface area contributed by atoms with E-state index in [1.807, 2.05) is 19.1 Å². The molecule has 0 aromatic heterocycles. The van der Waals surface area contributed by atoms with Crippen LogP contribution in [0.3, 0.4) is 0 Å². The van der Waals surface area contributed by atoms with Gasteiger partial charge in [-0.25, -0.2) is 0 Å². The van der Waals surface area contributed by atoms with Crippen molar-refractivity contribution in [1.29, 1.82) is 0 Å². The van der Waals surface area contributed by atoms with Gasteiger partial charge in [0, 0.05) is 49.1 Å². The summed E-state index contributed by atoms with van der Waals surface area (Å²) >= 11 is 6.27. The van der Waals surface area contributed by atoms with Crippen LogP contribution >= 0.6 is 11.6 Å². The highest BCUT2D eigenvalue weighted by Crippen LogP contribution is 2.40. The predicted molar refractivity (Wildman–Crippen MR) is 186 cm³/mol. The molecule has 2 saturated carbocycles. The molecule has 0 bridgehead atoms. The summed E-state index contributed by atoms with van der Waals surface area (Å²) in [6.45, 7) is 3.20. The minimum Gasteiger partial charge on any atom is -0.387 e. The van der Waals surface area contributed by atoms with Crippen LogP contribution in [0, 0.1) is 11.8 Å². The van der Waals surface area contributed by atoms with Crippen molar-refractivity contribution in [2.45, 2.75) is 127 Å². The summed E-state index contributed by atoms with van der Waals surface area (Å²) in [5.74, 6) is -2.31. The number of hydrogen-bond donors (Lipinski definition) is 3. The van der Waals surface area contributed by atoms with Crippen LogP contribution in [0.2, 0.25) is 5.02 Å². The second-order valence-corrected chi connectivity index (χ2v) is 15.3. The van der Waals surface area contributed by atoms with E-state index in [2.05, 4.69) is 21.1 Å². The quantitative estimate of drug-likeness (QED) is 0.263. The van der Waals surface area contributed by atoms with Crippen molar-refractivity contribution in [1.82, 2.24) is 20.9 Å². The van der Waals surface area contributed by atoms with Gasteiger partial charge in [0.25, 0.3) is 5.91 Å². The van der Waals surface area contributed by atoms with Gasteiger partial charge in [-0.3, -0.25) is 24.0 Å². The fourth-order valence-electron chi connectivity index (χ4n) is 7.89. The van der Waals surface area contributed by atoms with Crippen molar-refractivity contribution in [2.24, 2.45) is 17.0 Å². The van der Waals surface area contributed by atoms with Gasteiger partial charge < -0.3 is 30.4 Å². The van der Waals surface area contributed by atoms with Crippen LogP contribution in [0.15, 0.2) is 29.4 Å². The first-order valence-corrected chi connectivity index (χ1v) is 18.9. The second kappa shape index (κ2) is 16.2. The summed E-state index contributed by atoms with van der Waals surface area (Å²) < 4.78 is 5.47. The Balaban J connectivity index is 1.24. The Morgan fingerprint density at radius 3 is 2.48 bits per heavy atom. The number of ether oxygens (including phenoxy) is 1. The van der Waals surface area contributed by atoms with Crippen LogP contribution in [0.25, 0.3) is 0 Å². The number of ketones is 1. The summed E-state index contributed by atoms with van der Waals surface area (Å²) in [6, 6.07) is 4.44. The zero-order valence-corrected chi connectivity index (χ0v) is 29.7. The summed E-state index contributed by atoms with van der Waals surface area (Å²) in [5.41, 5.74) is 0.452. The lowest BCUT2D eigenvalue weighted by molar-refractivity contribution is -0.145. The van der Waals surface area contributed by atoms with Crippen molar-refractivity contribution in [2.75, 3.05) is 19.8 Å². The Morgan fingerprint density at radius 2 is 1.78 bits per heavy atom. The molecule has 4 fully saturated rings. The number of nitrogens with zero attached hydrogens (tertiary/aromatic N) is 2. The van der Waals surface area contributed by atoms with Crippen LogP contribution in [-0.2, 0) is 33.5 Å². The molecule has 3 aliphatic heterocycles. The third kappa shape index (κ3) is 8.85. The maximum atomic E-state index is 14.8. The first-order valence-electron chi connectivity index (χ1n) is 18.5. The van der Waals surface area contributed by atoms with E-state index in [1.165, 1.54) is 4.90 Å². The normalized spacial score (nSPS) is 25.4. The number of likely N-dealkylation sites (tertiary alicyclic amines) is 1. The molecule has 12 nitrogen and oxygen atoms in total. The van der Waals surface area contributed by atoms with E-state index >= 15 is 0 Å². The van der Waals surface area contributed by atoms with Gasteiger partial charge in [0.2, 0.25) is 23.5 Å². The van der Waals surface area contributed by atoms with E-state index in [9.17, 15) is 24.0 Å². The maximum absolute atomic E-state index is 14.8. The second-order valence-electron chi connectivity index (χ2n) is 14.9. The number of carbonyl (C=O) groups excluding carboxylic acids is 5. The molecule has 6 rings (SSSR count). The maximum Gasteiger partial charge on any atom is 0.289 e. The third-order valence-electron chi connectivity index (χ3n) is 10.8. The van der Waals surface area contributed by atoms with Crippen molar-refractivity contribution >= 4 is 46.7 Å². The Bertz CT molecular complexity index is 1470. The Labute approximate surface area is 298 Å². The molecule has 3 N–H and O–H groups in total. The number of oxime groups is 1. The molecule has 3 heterocycles. The molecule has 13 heteroatoms. The largest absolute Gasteiger partial charge is 0.387 e. The highest BCUT2D eigenvalue weighted by atomic mass is 35.5. The summed E-state index contributed by atoms with van der Waals surface area (Å²) in [5, 5.41) is 13.6. The summed E-state index contributed by atoms with van der Waals surface area (Å²) in [4.78, 5) is 76.1. The SMILES string of the molecule is CCC[C@H](NC(=O)[C@@H]1C[C@]2(CC(c3cccc(Cl)c3)=NO2)CN1C(=O)[C@@H](NC(=O)CC1CCOCC1)C1CCCCC1)C(=O)C(=O)NC1CC1. The molecule has 4 atom stereocenters. The minimum absolute atomic E-state index is 0.00110. The van der Waals surface area contributed by atoms with E-state index in [0.717, 1.165) is 63.4 Å². The average molecular weight is 712 g/mol. The van der Waals surface area contributed by atoms with Gasteiger partial charge in [-0.1, -0.05) is 61.5 Å². The molecule has 0 radical (unpaired) electrons. The van der Waals surface area contributed by atoms with Crippen molar-refractivity contribution < 1.29 is 33.5 Å². The van der Waals surface area contributed by atoms with Crippen molar-refractivity contribution in [3.8, 4) is 0 Å². The monoisotopic (exact) mass is 711 g/mol. The first-order chi connectivity index (χ1) is 24.1. The lowest BCUT2D eigenvalue weighted by atomic mass is 9.83. The molecular formula is C37H50ClN5O7. The molecule has 2 aliphatic carbocycles. The molecule has 5 aliphatic rings. The molecule has 2 saturated heterocycles. The predicted octanol–water partition coefficient (Wildman–Crippen LogP) is 3.82. The lowest BCUT2D eigenvalue weighted by Gasteiger charge is -2.35. The van der Waals surface area contributed by atoms with E-state index in [0.29, 0.717) is 43.2 Å². The molecular weight excluding hydrogens is 662 g/mol. The smallest absolute Gasteiger partial charge is 0.289 e. The molecule has 0 unspecified atom stereocenters. The standard InChI is InChI=1S/C37H50ClN5O7/c1-2-7-28(33(45)35(47)39-27-12-13-27)40-34(46)30-21-37(20-29(42-50-37)25-10-6-11-26(38)19-25)22-43(30)36(48)32(24-8-4-3-5-9-24)41-31(44)18-23-14-16-49-17-15-23/h6,10-11,19,23-24,27-28,30,32H,2-5,7-9,12-18,20-22H2,1H3,(H,39,47)(H,40,46)(H,41,44)/t28-,30-,32-,37+/m0/s1. The topological polar surface area (TPSA) is 156 Å². The summed E-state index contributed by atoms with van der Waals surface area (Å²) in [6.07, 6.45) is 9.48. The number of nitrogens with one attached hydrogen (secondary N) is 3. The van der Waals surface area contributed by atoms with Gasteiger partial charge in [0.1, 0.15) is 12.1 Å². The number of hydrogen-bond acceptors (Lipinski definition) is 8. The molecule has 1 aromatic rings. The van der Waals surface area contributed by atoms with Gasteiger partial charge in [-0.15, -0.1) is 0 Å². The highest BCUT2D eigenvalue weighted by molar-refractivity contribution is 6.38. The van der Waals surface area contributed by atoms with Gasteiger partial charge >= 0.3 is 0 Å². The molecule has 50 heavy (non-hydrogen) atoms. The minimum atomic E-state index is -1.03. The number of Topliss-reactive ketones (excluding diaryl/α,β-unsaturated/α-hetero) is 1. The van der Waals surface area contributed by atoms with E-state index in [1.54, 1.807) is 12.1 Å². The number of benzene rings is 1. The van der Waals surface area contributed by atoms with Crippen LogP contribution in [0.5, 0.6) is 0 Å². The zero-order chi connectivity index (χ0) is 35.3. The van der Waals surface area contributed by atoms with Crippen molar-refractivity contribution in [3.05, 3.63) is 34.9 Å². The van der Waals surface area contributed by atoms with Gasteiger partial charge in [-0.2, -0.15) is 0 Å². The van der Waals surface area contributed by atoms with Crippen LogP contribution < -0.4 is 16.0 Å². The lowest BCUT2D eigenvalue weighted by Crippen LogP contribution is -2.58. The molecule has 1 spiro atoms. The molecule has 4 amide bonds. The van der Waals surface area contributed by atoms with Crippen LogP contribution in [0.1, 0.15) is 102 Å². The molecule has 1 aromatic carbocycles. The van der Waals surface area contributed by atoms with E-state index in [-0.39, 0.29) is 49.1 Å². The van der Waals surface area contributed by atoms with Gasteiger partial charge in [0.15, 0.2) is 5.60 Å². The van der Waals surface area contributed by atoms with Crippen LogP contribution in [0.4, 0.5) is 0 Å². The highest BCUT2D eigenvalue weighted by Gasteiger charge is 2.55. The van der Waals surface area contributed by atoms with Gasteiger partial charge in [-0.05, 0) is 68.9 Å².